The van der Waals surface area contributed by atoms with Crippen molar-refractivity contribution in [2.45, 2.75) is 39.8 Å². The van der Waals surface area contributed by atoms with E-state index in [1.165, 1.54) is 6.92 Å². The van der Waals surface area contributed by atoms with Gasteiger partial charge in [0.2, 0.25) is 5.91 Å². The molecule has 1 atom stereocenters. The molecule has 1 aromatic carbocycles. The first-order valence-electron chi connectivity index (χ1n) is 7.27. The molecule has 1 aromatic heterocycles. The highest BCUT2D eigenvalue weighted by Crippen LogP contribution is 2.18. The minimum atomic E-state index is -0.0598. The third-order valence-corrected chi connectivity index (χ3v) is 3.36. The Labute approximate surface area is 125 Å². The van der Waals surface area contributed by atoms with E-state index in [1.54, 1.807) is 0 Å². The Bertz CT molecular complexity index is 604. The monoisotopic (exact) mass is 286 g/mol. The molecule has 4 heteroatoms. The molecule has 2 aromatic rings. The Kier molecular flexibility index (Phi) is 5.17. The zero-order valence-electron chi connectivity index (χ0n) is 12.8. The number of carbonyl (C=O) groups is 1. The average Bonchev–Trinajstić information content (AvgIpc) is 2.92. The summed E-state index contributed by atoms with van der Waals surface area (Å²) >= 11 is 0. The van der Waals surface area contributed by atoms with Gasteiger partial charge in [0.05, 0.1) is 6.54 Å². The van der Waals surface area contributed by atoms with Crippen molar-refractivity contribution in [2.75, 3.05) is 5.32 Å². The maximum Gasteiger partial charge on any atom is 0.221 e. The number of amides is 1. The topological polar surface area (TPSA) is 54.3 Å². The number of hydrogen-bond donors (Lipinski definition) is 2. The normalized spacial score (nSPS) is 12.1. The van der Waals surface area contributed by atoms with Gasteiger partial charge >= 0.3 is 0 Å². The molecule has 1 amide bonds. The van der Waals surface area contributed by atoms with Gasteiger partial charge in [0.1, 0.15) is 11.5 Å². The molecule has 2 rings (SSSR count). The lowest BCUT2D eigenvalue weighted by Crippen LogP contribution is -2.18. The van der Waals surface area contributed by atoms with E-state index in [0.717, 1.165) is 29.2 Å². The van der Waals surface area contributed by atoms with E-state index < -0.39 is 0 Å². The van der Waals surface area contributed by atoms with Crippen LogP contribution < -0.4 is 10.6 Å². The molecule has 0 bridgehead atoms. The highest BCUT2D eigenvalue weighted by molar-refractivity contribution is 5.88. The summed E-state index contributed by atoms with van der Waals surface area (Å²) in [5.41, 5.74) is 1.95. The summed E-state index contributed by atoms with van der Waals surface area (Å²) in [5, 5.41) is 6.23. The fourth-order valence-corrected chi connectivity index (χ4v) is 2.17. The summed E-state index contributed by atoms with van der Waals surface area (Å²) in [4.78, 5) is 11.1. The Morgan fingerprint density at radius 1 is 1.24 bits per heavy atom. The largest absolute Gasteiger partial charge is 0.465 e. The number of carbonyl (C=O) groups excluding carboxylic acids is 1. The zero-order chi connectivity index (χ0) is 15.2. The molecule has 2 N–H and O–H groups in total. The van der Waals surface area contributed by atoms with Crippen molar-refractivity contribution in [3.63, 3.8) is 0 Å². The smallest absolute Gasteiger partial charge is 0.221 e. The van der Waals surface area contributed by atoms with Crippen LogP contribution in [0.25, 0.3) is 0 Å². The van der Waals surface area contributed by atoms with E-state index in [2.05, 4.69) is 24.5 Å². The van der Waals surface area contributed by atoms with Gasteiger partial charge in [-0.1, -0.05) is 19.1 Å². The highest BCUT2D eigenvalue weighted by atomic mass is 16.3. The number of hydrogen-bond acceptors (Lipinski definition) is 3. The van der Waals surface area contributed by atoms with Crippen LogP contribution >= 0.6 is 0 Å². The number of aryl methyl sites for hydroxylation is 1. The highest BCUT2D eigenvalue weighted by Gasteiger charge is 2.08. The molecular weight excluding hydrogens is 264 g/mol. The van der Waals surface area contributed by atoms with Gasteiger partial charge in [-0.2, -0.15) is 0 Å². The van der Waals surface area contributed by atoms with Crippen LogP contribution in [-0.4, -0.2) is 5.91 Å². The van der Waals surface area contributed by atoms with Crippen LogP contribution in [0, 0.1) is 0 Å². The van der Waals surface area contributed by atoms with Gasteiger partial charge in [-0.15, -0.1) is 0 Å². The second kappa shape index (κ2) is 7.09. The van der Waals surface area contributed by atoms with Gasteiger partial charge in [0.25, 0.3) is 0 Å². The Hall–Kier alpha value is -2.07. The van der Waals surface area contributed by atoms with Crippen LogP contribution in [0.4, 0.5) is 5.69 Å². The molecule has 0 spiro atoms. The van der Waals surface area contributed by atoms with Gasteiger partial charge in [0, 0.05) is 25.1 Å². The predicted octanol–water partition coefficient (Wildman–Crippen LogP) is 3.65. The number of nitrogens with one attached hydrogen (secondary N) is 2. The molecule has 0 radical (unpaired) electrons. The van der Waals surface area contributed by atoms with Gasteiger partial charge in [-0.05, 0) is 36.8 Å². The van der Waals surface area contributed by atoms with Crippen molar-refractivity contribution in [3.8, 4) is 0 Å². The molecule has 0 fully saturated rings. The third-order valence-electron chi connectivity index (χ3n) is 3.36. The fourth-order valence-electron chi connectivity index (χ4n) is 2.17. The SMILES string of the molecule is CCc1ccc(CNC(C)c2cccc(NC(C)=O)c2)o1. The van der Waals surface area contributed by atoms with Crippen LogP contribution in [0.15, 0.2) is 40.8 Å². The predicted molar refractivity (Wildman–Crippen MR) is 84.1 cm³/mol. The molecule has 0 aliphatic heterocycles. The average molecular weight is 286 g/mol. The third kappa shape index (κ3) is 4.46. The summed E-state index contributed by atoms with van der Waals surface area (Å²) in [5.74, 6) is 1.89. The molecular formula is C17H22N2O2. The minimum Gasteiger partial charge on any atom is -0.465 e. The summed E-state index contributed by atoms with van der Waals surface area (Å²) in [6.45, 7) is 6.37. The maximum atomic E-state index is 11.1. The van der Waals surface area contributed by atoms with Crippen molar-refractivity contribution >= 4 is 11.6 Å². The van der Waals surface area contributed by atoms with E-state index in [4.69, 9.17) is 4.42 Å². The summed E-state index contributed by atoms with van der Waals surface area (Å²) in [7, 11) is 0. The Morgan fingerprint density at radius 3 is 2.67 bits per heavy atom. The molecule has 0 saturated carbocycles. The lowest BCUT2D eigenvalue weighted by molar-refractivity contribution is -0.114. The van der Waals surface area contributed by atoms with Crippen molar-refractivity contribution < 1.29 is 9.21 Å². The number of rotatable bonds is 6. The van der Waals surface area contributed by atoms with Gasteiger partial charge in [0.15, 0.2) is 0 Å². The molecule has 1 unspecified atom stereocenters. The van der Waals surface area contributed by atoms with Gasteiger partial charge < -0.3 is 15.1 Å². The van der Waals surface area contributed by atoms with Crippen LogP contribution in [0.2, 0.25) is 0 Å². The van der Waals surface area contributed by atoms with Crippen molar-refractivity contribution in [2.24, 2.45) is 0 Å². The molecule has 21 heavy (non-hydrogen) atoms. The Balaban J connectivity index is 1.96. The van der Waals surface area contributed by atoms with Gasteiger partial charge in [-0.3, -0.25) is 4.79 Å². The van der Waals surface area contributed by atoms with E-state index >= 15 is 0 Å². The standard InChI is InChI=1S/C17H22N2O2/c1-4-16-8-9-17(21-16)11-18-12(2)14-6-5-7-15(10-14)19-13(3)20/h5-10,12,18H,4,11H2,1-3H3,(H,19,20). The molecule has 0 saturated heterocycles. The molecule has 4 nitrogen and oxygen atoms in total. The lowest BCUT2D eigenvalue weighted by atomic mass is 10.1. The summed E-state index contributed by atoms with van der Waals surface area (Å²) in [6.07, 6.45) is 0.911. The molecule has 112 valence electrons. The Morgan fingerprint density at radius 2 is 2.00 bits per heavy atom. The van der Waals surface area contributed by atoms with Crippen LogP contribution in [0.3, 0.4) is 0 Å². The number of anilines is 1. The summed E-state index contributed by atoms with van der Waals surface area (Å²) < 4.78 is 5.68. The summed E-state index contributed by atoms with van der Waals surface area (Å²) in [6, 6.07) is 12.1. The van der Waals surface area contributed by atoms with E-state index in [-0.39, 0.29) is 11.9 Å². The quantitative estimate of drug-likeness (QED) is 0.852. The zero-order valence-corrected chi connectivity index (χ0v) is 12.8. The first kappa shape index (κ1) is 15.3. The van der Waals surface area contributed by atoms with Crippen molar-refractivity contribution in [3.05, 3.63) is 53.5 Å². The maximum absolute atomic E-state index is 11.1. The molecule has 0 aliphatic rings. The van der Waals surface area contributed by atoms with Crippen molar-refractivity contribution in [1.82, 2.24) is 5.32 Å². The van der Waals surface area contributed by atoms with E-state index in [9.17, 15) is 4.79 Å². The molecule has 0 aliphatic carbocycles. The number of furan rings is 1. The first-order chi connectivity index (χ1) is 10.1. The second-order valence-corrected chi connectivity index (χ2v) is 5.13. The number of benzene rings is 1. The second-order valence-electron chi connectivity index (χ2n) is 5.13. The van der Waals surface area contributed by atoms with E-state index in [0.29, 0.717) is 6.54 Å². The van der Waals surface area contributed by atoms with Crippen LogP contribution in [-0.2, 0) is 17.8 Å². The van der Waals surface area contributed by atoms with Gasteiger partial charge in [-0.25, -0.2) is 0 Å². The van der Waals surface area contributed by atoms with Crippen LogP contribution in [0.1, 0.15) is 43.9 Å². The molecule has 1 heterocycles. The van der Waals surface area contributed by atoms with Crippen molar-refractivity contribution in [1.29, 1.82) is 0 Å². The first-order valence-corrected chi connectivity index (χ1v) is 7.27. The fraction of sp³-hybridized carbons (Fsp3) is 0.353. The minimum absolute atomic E-state index is 0.0598. The van der Waals surface area contributed by atoms with Crippen LogP contribution in [0.5, 0.6) is 0 Å². The van der Waals surface area contributed by atoms with E-state index in [1.807, 2.05) is 36.4 Å². The lowest BCUT2D eigenvalue weighted by Gasteiger charge is -2.14.